The average Bonchev–Trinajstić information content (AvgIpc) is 2.44. The van der Waals surface area contributed by atoms with Crippen molar-refractivity contribution in [2.24, 2.45) is 0 Å². The SMILES string of the molecule is CC(C)(C)OC(=O)NC(Cc1cccc2cccnc12)C(=O)O. The fourth-order valence-electron chi connectivity index (χ4n) is 2.20. The van der Waals surface area contributed by atoms with Gasteiger partial charge in [0.2, 0.25) is 0 Å². The van der Waals surface area contributed by atoms with Gasteiger partial charge in [0.15, 0.2) is 0 Å². The maximum Gasteiger partial charge on any atom is 0.408 e. The highest BCUT2D eigenvalue weighted by Gasteiger charge is 2.24. The molecule has 0 aliphatic carbocycles. The molecule has 6 heteroatoms. The summed E-state index contributed by atoms with van der Waals surface area (Å²) in [4.78, 5) is 27.6. The number of hydrogen-bond acceptors (Lipinski definition) is 4. The molecule has 0 radical (unpaired) electrons. The van der Waals surface area contributed by atoms with E-state index in [1.807, 2.05) is 30.3 Å². The largest absolute Gasteiger partial charge is 0.480 e. The molecule has 0 bridgehead atoms. The van der Waals surface area contributed by atoms with Gasteiger partial charge in [0, 0.05) is 18.0 Å². The quantitative estimate of drug-likeness (QED) is 0.905. The van der Waals surface area contributed by atoms with Gasteiger partial charge in [-0.25, -0.2) is 9.59 Å². The van der Waals surface area contributed by atoms with Crippen molar-refractivity contribution in [3.8, 4) is 0 Å². The maximum absolute atomic E-state index is 11.8. The third-order valence-electron chi connectivity index (χ3n) is 3.13. The van der Waals surface area contributed by atoms with Crippen LogP contribution in [-0.4, -0.2) is 33.8 Å². The molecule has 1 heterocycles. The van der Waals surface area contributed by atoms with Crippen LogP contribution in [0.4, 0.5) is 4.79 Å². The van der Waals surface area contributed by atoms with Crippen molar-refractivity contribution in [1.29, 1.82) is 0 Å². The number of nitrogens with one attached hydrogen (secondary N) is 1. The molecule has 0 spiro atoms. The lowest BCUT2D eigenvalue weighted by atomic mass is 10.0. The third kappa shape index (κ3) is 4.67. The molecule has 2 rings (SSSR count). The molecule has 0 aliphatic rings. The normalized spacial score (nSPS) is 12.7. The summed E-state index contributed by atoms with van der Waals surface area (Å²) in [5.74, 6) is -1.12. The van der Waals surface area contributed by atoms with E-state index >= 15 is 0 Å². The topological polar surface area (TPSA) is 88.5 Å². The number of carboxylic acid groups (broad SMARTS) is 1. The van der Waals surface area contributed by atoms with Crippen LogP contribution in [0.25, 0.3) is 10.9 Å². The number of ether oxygens (including phenoxy) is 1. The van der Waals surface area contributed by atoms with Crippen molar-refractivity contribution in [3.63, 3.8) is 0 Å². The molecule has 1 aromatic heterocycles. The Bertz CT molecular complexity index is 717. The van der Waals surface area contributed by atoms with E-state index in [-0.39, 0.29) is 6.42 Å². The Morgan fingerprint density at radius 2 is 1.96 bits per heavy atom. The summed E-state index contributed by atoms with van der Waals surface area (Å²) in [5.41, 5.74) is 0.799. The van der Waals surface area contributed by atoms with Gasteiger partial charge in [-0.1, -0.05) is 24.3 Å². The van der Waals surface area contributed by atoms with E-state index in [4.69, 9.17) is 4.74 Å². The van der Waals surface area contributed by atoms with Crippen LogP contribution in [0.5, 0.6) is 0 Å². The number of para-hydroxylation sites is 1. The standard InChI is InChI=1S/C17H20N2O4/c1-17(2,3)23-16(22)19-13(15(20)21)10-12-7-4-6-11-8-5-9-18-14(11)12/h4-9,13H,10H2,1-3H3,(H,19,22)(H,20,21). The Balaban J connectivity index is 2.19. The number of benzene rings is 1. The van der Waals surface area contributed by atoms with Crippen LogP contribution in [0.15, 0.2) is 36.5 Å². The van der Waals surface area contributed by atoms with Crippen LogP contribution in [-0.2, 0) is 16.0 Å². The molecule has 0 aliphatic heterocycles. The fourth-order valence-corrected chi connectivity index (χ4v) is 2.20. The van der Waals surface area contributed by atoms with Crippen LogP contribution < -0.4 is 5.32 Å². The van der Waals surface area contributed by atoms with Crippen molar-refractivity contribution >= 4 is 23.0 Å². The van der Waals surface area contributed by atoms with Gasteiger partial charge < -0.3 is 15.2 Å². The van der Waals surface area contributed by atoms with Crippen LogP contribution >= 0.6 is 0 Å². The van der Waals surface area contributed by atoms with Crippen molar-refractivity contribution in [2.45, 2.75) is 38.8 Å². The lowest BCUT2D eigenvalue weighted by molar-refractivity contribution is -0.139. The van der Waals surface area contributed by atoms with Gasteiger partial charge in [-0.05, 0) is 32.4 Å². The van der Waals surface area contributed by atoms with Gasteiger partial charge >= 0.3 is 12.1 Å². The number of aromatic nitrogens is 1. The second kappa shape index (κ2) is 6.64. The summed E-state index contributed by atoms with van der Waals surface area (Å²) in [7, 11) is 0. The summed E-state index contributed by atoms with van der Waals surface area (Å²) in [5, 5.41) is 12.7. The smallest absolute Gasteiger partial charge is 0.408 e. The van der Waals surface area contributed by atoms with E-state index in [1.54, 1.807) is 27.0 Å². The number of alkyl carbamates (subject to hydrolysis) is 1. The van der Waals surface area contributed by atoms with E-state index < -0.39 is 23.7 Å². The molecule has 0 saturated carbocycles. The second-order valence-electron chi connectivity index (χ2n) is 6.23. The van der Waals surface area contributed by atoms with E-state index in [2.05, 4.69) is 10.3 Å². The monoisotopic (exact) mass is 316 g/mol. The first-order valence-corrected chi connectivity index (χ1v) is 7.31. The number of aliphatic carboxylic acids is 1. The Morgan fingerprint density at radius 3 is 2.61 bits per heavy atom. The third-order valence-corrected chi connectivity index (χ3v) is 3.13. The van der Waals surface area contributed by atoms with Crippen LogP contribution in [0, 0.1) is 0 Å². The molecule has 1 aromatic carbocycles. The number of rotatable bonds is 4. The van der Waals surface area contributed by atoms with E-state index in [0.29, 0.717) is 0 Å². The minimum atomic E-state index is -1.12. The lowest BCUT2D eigenvalue weighted by Crippen LogP contribution is -2.44. The first kappa shape index (κ1) is 16.7. The molecule has 1 atom stereocenters. The lowest BCUT2D eigenvalue weighted by Gasteiger charge is -2.22. The summed E-state index contributed by atoms with van der Waals surface area (Å²) in [6.45, 7) is 5.16. The highest BCUT2D eigenvalue weighted by Crippen LogP contribution is 2.17. The van der Waals surface area contributed by atoms with Gasteiger partial charge in [0.1, 0.15) is 11.6 Å². The predicted molar refractivity (Wildman–Crippen MR) is 86.2 cm³/mol. The van der Waals surface area contributed by atoms with E-state index in [1.165, 1.54) is 0 Å². The first-order valence-electron chi connectivity index (χ1n) is 7.31. The van der Waals surface area contributed by atoms with Crippen LogP contribution in [0.1, 0.15) is 26.3 Å². The highest BCUT2D eigenvalue weighted by atomic mass is 16.6. The average molecular weight is 316 g/mol. The summed E-state index contributed by atoms with van der Waals surface area (Å²) in [6.07, 6.45) is 1.03. The molecule has 1 unspecified atom stereocenters. The zero-order chi connectivity index (χ0) is 17.0. The molecule has 1 amide bonds. The van der Waals surface area contributed by atoms with Gasteiger partial charge in [-0.2, -0.15) is 0 Å². The van der Waals surface area contributed by atoms with Crippen LogP contribution in [0.3, 0.4) is 0 Å². The van der Waals surface area contributed by atoms with Gasteiger partial charge in [0.25, 0.3) is 0 Å². The van der Waals surface area contributed by atoms with Gasteiger partial charge in [-0.3, -0.25) is 4.98 Å². The Kier molecular flexibility index (Phi) is 4.83. The number of fused-ring (bicyclic) bond motifs is 1. The summed E-state index contributed by atoms with van der Waals surface area (Å²) < 4.78 is 5.11. The maximum atomic E-state index is 11.8. The number of hydrogen-bond donors (Lipinski definition) is 2. The minimum Gasteiger partial charge on any atom is -0.480 e. The summed E-state index contributed by atoms with van der Waals surface area (Å²) in [6, 6.07) is 8.19. The molecule has 0 saturated heterocycles. The predicted octanol–water partition coefficient (Wildman–Crippen LogP) is 2.76. The molecule has 2 N–H and O–H groups in total. The molecule has 23 heavy (non-hydrogen) atoms. The minimum absolute atomic E-state index is 0.128. The van der Waals surface area contributed by atoms with Crippen molar-refractivity contribution in [3.05, 3.63) is 42.1 Å². The van der Waals surface area contributed by atoms with Crippen molar-refractivity contribution < 1.29 is 19.4 Å². The van der Waals surface area contributed by atoms with E-state index in [9.17, 15) is 14.7 Å². The fraction of sp³-hybridized carbons (Fsp3) is 0.353. The van der Waals surface area contributed by atoms with Gasteiger partial charge in [0.05, 0.1) is 5.52 Å². The number of carbonyl (C=O) groups excluding carboxylic acids is 1. The Morgan fingerprint density at radius 1 is 1.26 bits per heavy atom. The molecule has 122 valence electrons. The number of carbonyl (C=O) groups is 2. The number of amides is 1. The molecular weight excluding hydrogens is 296 g/mol. The molecule has 0 fully saturated rings. The molecule has 2 aromatic rings. The van der Waals surface area contributed by atoms with Crippen LogP contribution in [0.2, 0.25) is 0 Å². The Labute approximate surface area is 134 Å². The van der Waals surface area contributed by atoms with E-state index in [0.717, 1.165) is 16.5 Å². The number of nitrogens with zero attached hydrogens (tertiary/aromatic N) is 1. The zero-order valence-electron chi connectivity index (χ0n) is 13.4. The highest BCUT2D eigenvalue weighted by molar-refractivity contribution is 5.84. The van der Waals surface area contributed by atoms with Gasteiger partial charge in [-0.15, -0.1) is 0 Å². The zero-order valence-corrected chi connectivity index (χ0v) is 13.4. The number of pyridine rings is 1. The first-order chi connectivity index (χ1) is 10.8. The molecular formula is C17H20N2O4. The molecule has 6 nitrogen and oxygen atoms in total. The van der Waals surface area contributed by atoms with Crippen molar-refractivity contribution in [1.82, 2.24) is 10.3 Å². The summed E-state index contributed by atoms with van der Waals surface area (Å²) >= 11 is 0. The van der Waals surface area contributed by atoms with Crippen molar-refractivity contribution in [2.75, 3.05) is 0 Å². The second-order valence-corrected chi connectivity index (χ2v) is 6.23. The Hall–Kier alpha value is -2.63. The number of carboxylic acids is 1.